The lowest BCUT2D eigenvalue weighted by atomic mass is 9.79. The summed E-state index contributed by atoms with van der Waals surface area (Å²) < 4.78 is 0. The average molecular weight is 209 g/mol. The minimum atomic E-state index is 0.354. The second-order valence-corrected chi connectivity index (χ2v) is 5.34. The molecule has 0 spiro atoms. The van der Waals surface area contributed by atoms with E-state index in [1.807, 2.05) is 0 Å². The highest BCUT2D eigenvalue weighted by atomic mass is 16.1. The maximum Gasteiger partial charge on any atom is 0.140 e. The maximum atomic E-state index is 12.3. The van der Waals surface area contributed by atoms with Crippen molar-refractivity contribution in [2.45, 2.75) is 44.9 Å². The first-order valence-electron chi connectivity index (χ1n) is 6.49. The number of hydrogen-bond acceptors (Lipinski definition) is 2. The molecule has 0 aromatic rings. The lowest BCUT2D eigenvalue weighted by molar-refractivity contribution is -0.129. The van der Waals surface area contributed by atoms with Crippen LogP contribution in [0, 0.1) is 11.8 Å². The summed E-state index contributed by atoms with van der Waals surface area (Å²) in [5.41, 5.74) is 0. The van der Waals surface area contributed by atoms with Crippen molar-refractivity contribution in [1.29, 1.82) is 0 Å². The number of nitrogens with zero attached hydrogens (tertiary/aromatic N) is 1. The third kappa shape index (κ3) is 2.81. The van der Waals surface area contributed by atoms with Gasteiger partial charge in [-0.05, 0) is 39.3 Å². The molecule has 2 aliphatic rings. The SMILES string of the molecule is CN1CCCC(C(=O)C2CCCCC2)C1. The van der Waals surface area contributed by atoms with E-state index in [2.05, 4.69) is 11.9 Å². The molecule has 0 aromatic carbocycles. The zero-order valence-electron chi connectivity index (χ0n) is 9.87. The van der Waals surface area contributed by atoms with E-state index in [4.69, 9.17) is 0 Å². The zero-order valence-corrected chi connectivity index (χ0v) is 9.87. The van der Waals surface area contributed by atoms with Crippen LogP contribution in [0.1, 0.15) is 44.9 Å². The van der Waals surface area contributed by atoms with Gasteiger partial charge in [-0.15, -0.1) is 0 Å². The molecular formula is C13H23NO. The van der Waals surface area contributed by atoms with E-state index in [0.717, 1.165) is 13.0 Å². The minimum absolute atomic E-state index is 0.354. The average Bonchev–Trinajstić information content (AvgIpc) is 2.29. The quantitative estimate of drug-likeness (QED) is 0.696. The van der Waals surface area contributed by atoms with Crippen molar-refractivity contribution in [2.75, 3.05) is 20.1 Å². The topological polar surface area (TPSA) is 20.3 Å². The van der Waals surface area contributed by atoms with Crippen LogP contribution in [0.15, 0.2) is 0 Å². The highest BCUT2D eigenvalue weighted by molar-refractivity contribution is 5.83. The summed E-state index contributed by atoms with van der Waals surface area (Å²) in [7, 11) is 2.14. The summed E-state index contributed by atoms with van der Waals surface area (Å²) in [6.45, 7) is 2.18. The Morgan fingerprint density at radius 1 is 1.00 bits per heavy atom. The molecule has 0 N–H and O–H groups in total. The second-order valence-electron chi connectivity index (χ2n) is 5.34. The Labute approximate surface area is 93.0 Å². The maximum absolute atomic E-state index is 12.3. The van der Waals surface area contributed by atoms with Crippen LogP contribution in [0.2, 0.25) is 0 Å². The summed E-state index contributed by atoms with van der Waals surface area (Å²) in [5.74, 6) is 1.35. The molecule has 2 rings (SSSR count). The monoisotopic (exact) mass is 209 g/mol. The van der Waals surface area contributed by atoms with Gasteiger partial charge in [0.05, 0.1) is 0 Å². The Morgan fingerprint density at radius 2 is 1.67 bits per heavy atom. The van der Waals surface area contributed by atoms with Gasteiger partial charge in [0.1, 0.15) is 5.78 Å². The molecule has 1 saturated carbocycles. The number of likely N-dealkylation sites (tertiary alicyclic amines) is 1. The van der Waals surface area contributed by atoms with Crippen molar-refractivity contribution in [1.82, 2.24) is 4.90 Å². The highest BCUT2D eigenvalue weighted by Crippen LogP contribution is 2.29. The van der Waals surface area contributed by atoms with Crippen LogP contribution in [0.4, 0.5) is 0 Å². The van der Waals surface area contributed by atoms with Gasteiger partial charge >= 0.3 is 0 Å². The first-order valence-corrected chi connectivity index (χ1v) is 6.49. The molecular weight excluding hydrogens is 186 g/mol. The molecule has 0 aromatic heterocycles. The van der Waals surface area contributed by atoms with Crippen LogP contribution in [0.5, 0.6) is 0 Å². The third-order valence-electron chi connectivity index (χ3n) is 4.03. The Bertz CT molecular complexity index is 221. The Morgan fingerprint density at radius 3 is 2.33 bits per heavy atom. The van der Waals surface area contributed by atoms with Crippen molar-refractivity contribution in [3.63, 3.8) is 0 Å². The minimum Gasteiger partial charge on any atom is -0.306 e. The summed E-state index contributed by atoms with van der Waals surface area (Å²) in [4.78, 5) is 14.6. The number of hydrogen-bond donors (Lipinski definition) is 0. The zero-order chi connectivity index (χ0) is 10.7. The molecule has 15 heavy (non-hydrogen) atoms. The molecule has 2 heteroatoms. The van der Waals surface area contributed by atoms with Crippen LogP contribution in [-0.2, 0) is 4.79 Å². The van der Waals surface area contributed by atoms with Crippen LogP contribution in [0.3, 0.4) is 0 Å². The van der Waals surface area contributed by atoms with Crippen molar-refractivity contribution in [2.24, 2.45) is 11.8 Å². The standard InChI is InChI=1S/C13H23NO/c1-14-9-5-8-12(10-14)13(15)11-6-3-2-4-7-11/h11-12H,2-10H2,1H3. The van der Waals surface area contributed by atoms with E-state index in [1.54, 1.807) is 0 Å². The van der Waals surface area contributed by atoms with E-state index in [-0.39, 0.29) is 0 Å². The van der Waals surface area contributed by atoms with Crippen LogP contribution >= 0.6 is 0 Å². The molecule has 1 heterocycles. The molecule has 1 unspecified atom stereocenters. The van der Waals surface area contributed by atoms with Crippen LogP contribution in [-0.4, -0.2) is 30.8 Å². The number of Topliss-reactive ketones (excluding diaryl/α,β-unsaturated/α-hetero) is 1. The van der Waals surface area contributed by atoms with E-state index in [1.165, 1.54) is 45.1 Å². The molecule has 86 valence electrons. The van der Waals surface area contributed by atoms with Gasteiger partial charge in [-0.2, -0.15) is 0 Å². The van der Waals surface area contributed by atoms with Gasteiger partial charge in [-0.1, -0.05) is 19.3 Å². The van der Waals surface area contributed by atoms with E-state index >= 15 is 0 Å². The van der Waals surface area contributed by atoms with Gasteiger partial charge in [0, 0.05) is 18.4 Å². The molecule has 1 atom stereocenters. The van der Waals surface area contributed by atoms with Gasteiger partial charge in [0.2, 0.25) is 0 Å². The van der Waals surface area contributed by atoms with Gasteiger partial charge < -0.3 is 4.90 Å². The number of ketones is 1. The van der Waals surface area contributed by atoms with Gasteiger partial charge in [0.15, 0.2) is 0 Å². The van der Waals surface area contributed by atoms with Crippen molar-refractivity contribution in [3.8, 4) is 0 Å². The smallest absolute Gasteiger partial charge is 0.140 e. The van der Waals surface area contributed by atoms with Crippen molar-refractivity contribution in [3.05, 3.63) is 0 Å². The summed E-state index contributed by atoms with van der Waals surface area (Å²) >= 11 is 0. The summed E-state index contributed by atoms with van der Waals surface area (Å²) in [6, 6.07) is 0. The largest absolute Gasteiger partial charge is 0.306 e. The fourth-order valence-electron chi connectivity index (χ4n) is 3.12. The summed E-state index contributed by atoms with van der Waals surface area (Å²) in [5, 5.41) is 0. The number of piperidine rings is 1. The highest BCUT2D eigenvalue weighted by Gasteiger charge is 2.30. The van der Waals surface area contributed by atoms with Gasteiger partial charge in [-0.3, -0.25) is 4.79 Å². The molecule has 0 amide bonds. The summed E-state index contributed by atoms with van der Waals surface area (Å²) in [6.07, 6.45) is 8.57. The Kier molecular flexibility index (Phi) is 3.79. The van der Waals surface area contributed by atoms with Gasteiger partial charge in [0.25, 0.3) is 0 Å². The molecule has 1 saturated heterocycles. The molecule has 0 radical (unpaired) electrons. The van der Waals surface area contributed by atoms with E-state index < -0.39 is 0 Å². The molecule has 1 aliphatic heterocycles. The predicted molar refractivity (Wildman–Crippen MR) is 61.8 cm³/mol. The Balaban J connectivity index is 1.88. The second kappa shape index (κ2) is 5.11. The van der Waals surface area contributed by atoms with E-state index in [9.17, 15) is 4.79 Å². The number of carbonyl (C=O) groups is 1. The molecule has 2 nitrogen and oxygen atoms in total. The van der Waals surface area contributed by atoms with Crippen molar-refractivity contribution < 1.29 is 4.79 Å². The van der Waals surface area contributed by atoms with Crippen molar-refractivity contribution >= 4 is 5.78 Å². The third-order valence-corrected chi connectivity index (χ3v) is 4.03. The molecule has 2 fully saturated rings. The lowest BCUT2D eigenvalue weighted by Crippen LogP contribution is -2.38. The van der Waals surface area contributed by atoms with Gasteiger partial charge in [-0.25, -0.2) is 0 Å². The first-order chi connectivity index (χ1) is 7.27. The number of rotatable bonds is 2. The predicted octanol–water partition coefficient (Wildman–Crippen LogP) is 2.48. The molecule has 0 bridgehead atoms. The first kappa shape index (κ1) is 11.1. The van der Waals surface area contributed by atoms with Crippen LogP contribution < -0.4 is 0 Å². The normalized spacial score (nSPS) is 30.3. The fourth-order valence-corrected chi connectivity index (χ4v) is 3.12. The number of carbonyl (C=O) groups excluding carboxylic acids is 1. The Hall–Kier alpha value is -0.370. The molecule has 1 aliphatic carbocycles. The lowest BCUT2D eigenvalue weighted by Gasteiger charge is -2.32. The fraction of sp³-hybridized carbons (Fsp3) is 0.923. The van der Waals surface area contributed by atoms with E-state index in [0.29, 0.717) is 17.6 Å². The van der Waals surface area contributed by atoms with Crippen LogP contribution in [0.25, 0.3) is 0 Å².